The van der Waals surface area contributed by atoms with Crippen LogP contribution < -0.4 is 15.4 Å². The van der Waals surface area contributed by atoms with Gasteiger partial charge in [0.2, 0.25) is 0 Å². The van der Waals surface area contributed by atoms with Crippen molar-refractivity contribution in [1.82, 2.24) is 10.6 Å². The highest BCUT2D eigenvalue weighted by molar-refractivity contribution is 5.97. The minimum absolute atomic E-state index is 0.109. The third-order valence-electron chi connectivity index (χ3n) is 3.86. The summed E-state index contributed by atoms with van der Waals surface area (Å²) in [6, 6.07) is 2.90. The molecule has 4 nitrogen and oxygen atoms in total. The maximum absolute atomic E-state index is 12.9. The zero-order valence-electron chi connectivity index (χ0n) is 13.3. The summed E-state index contributed by atoms with van der Waals surface area (Å²) in [5.41, 5.74) is -0.992. The van der Waals surface area contributed by atoms with E-state index in [9.17, 15) is 18.0 Å². The molecule has 132 valence electrons. The lowest BCUT2D eigenvalue weighted by atomic mass is 9.99. The molecule has 1 unspecified atom stereocenters. The molecule has 1 aromatic carbocycles. The first kappa shape index (κ1) is 18.3. The SMILES string of the molecule is C=CCOc1ccc(C(F)(F)F)cc1C(=O)NCC1CCCNC1. The number of nitrogens with one attached hydrogen (secondary N) is 2. The molecule has 1 aliphatic heterocycles. The van der Waals surface area contributed by atoms with Crippen molar-refractivity contribution in [3.05, 3.63) is 42.0 Å². The van der Waals surface area contributed by atoms with Crippen molar-refractivity contribution in [3.63, 3.8) is 0 Å². The van der Waals surface area contributed by atoms with Crippen LogP contribution in [-0.2, 0) is 6.18 Å². The number of amides is 1. The summed E-state index contributed by atoms with van der Waals surface area (Å²) in [5.74, 6) is -0.168. The molecule has 1 saturated heterocycles. The Hall–Kier alpha value is -2.02. The van der Waals surface area contributed by atoms with Crippen molar-refractivity contribution >= 4 is 5.91 Å². The van der Waals surface area contributed by atoms with Crippen LogP contribution in [-0.4, -0.2) is 32.1 Å². The molecule has 0 bridgehead atoms. The number of piperidine rings is 1. The van der Waals surface area contributed by atoms with E-state index in [0.29, 0.717) is 6.54 Å². The monoisotopic (exact) mass is 342 g/mol. The predicted molar refractivity (Wildman–Crippen MR) is 85.1 cm³/mol. The Morgan fingerprint density at radius 1 is 1.46 bits per heavy atom. The van der Waals surface area contributed by atoms with Gasteiger partial charge in [-0.3, -0.25) is 4.79 Å². The molecule has 0 saturated carbocycles. The molecule has 2 rings (SSSR count). The third kappa shape index (κ3) is 4.99. The summed E-state index contributed by atoms with van der Waals surface area (Å²) in [6.07, 6.45) is -1.04. The van der Waals surface area contributed by atoms with Gasteiger partial charge in [0.15, 0.2) is 0 Å². The Labute approximate surface area is 139 Å². The average molecular weight is 342 g/mol. The lowest BCUT2D eigenvalue weighted by molar-refractivity contribution is -0.137. The van der Waals surface area contributed by atoms with Crippen molar-refractivity contribution in [1.29, 1.82) is 0 Å². The molecule has 0 aliphatic carbocycles. The third-order valence-corrected chi connectivity index (χ3v) is 3.86. The lowest BCUT2D eigenvalue weighted by Gasteiger charge is -2.23. The van der Waals surface area contributed by atoms with Crippen molar-refractivity contribution in [2.75, 3.05) is 26.2 Å². The van der Waals surface area contributed by atoms with E-state index in [0.717, 1.165) is 38.1 Å². The molecule has 2 N–H and O–H groups in total. The maximum Gasteiger partial charge on any atom is 0.416 e. The zero-order valence-corrected chi connectivity index (χ0v) is 13.3. The highest BCUT2D eigenvalue weighted by Gasteiger charge is 2.32. The first-order chi connectivity index (χ1) is 11.4. The molecular weight excluding hydrogens is 321 g/mol. The normalized spacial score (nSPS) is 18.0. The number of benzene rings is 1. The van der Waals surface area contributed by atoms with Crippen LogP contribution in [0.1, 0.15) is 28.8 Å². The summed E-state index contributed by atoms with van der Waals surface area (Å²) in [6.45, 7) is 5.77. The maximum atomic E-state index is 12.9. The smallest absolute Gasteiger partial charge is 0.416 e. The van der Waals surface area contributed by atoms with Crippen molar-refractivity contribution in [2.24, 2.45) is 5.92 Å². The van der Waals surface area contributed by atoms with Crippen LogP contribution >= 0.6 is 0 Å². The van der Waals surface area contributed by atoms with E-state index in [1.807, 2.05) is 0 Å². The van der Waals surface area contributed by atoms with Gasteiger partial charge in [0, 0.05) is 6.54 Å². The number of alkyl halides is 3. The van der Waals surface area contributed by atoms with Gasteiger partial charge in [0.25, 0.3) is 5.91 Å². The van der Waals surface area contributed by atoms with Crippen molar-refractivity contribution in [2.45, 2.75) is 19.0 Å². The minimum Gasteiger partial charge on any atom is -0.489 e. The van der Waals surface area contributed by atoms with Crippen LogP contribution in [0.5, 0.6) is 5.75 Å². The molecule has 7 heteroatoms. The van der Waals surface area contributed by atoms with Gasteiger partial charge < -0.3 is 15.4 Å². The van der Waals surface area contributed by atoms with Crippen LogP contribution in [0.4, 0.5) is 13.2 Å². The molecule has 1 heterocycles. The van der Waals surface area contributed by atoms with Crippen molar-refractivity contribution in [3.8, 4) is 5.75 Å². The highest BCUT2D eigenvalue weighted by Crippen LogP contribution is 2.32. The fraction of sp³-hybridized carbons (Fsp3) is 0.471. The second-order valence-electron chi connectivity index (χ2n) is 5.73. The molecule has 24 heavy (non-hydrogen) atoms. The van der Waals surface area contributed by atoms with Crippen LogP contribution in [0, 0.1) is 5.92 Å². The molecule has 1 aromatic rings. The Balaban J connectivity index is 2.13. The number of hydrogen-bond acceptors (Lipinski definition) is 3. The van der Waals surface area contributed by atoms with Gasteiger partial charge in [-0.05, 0) is 50.0 Å². The summed E-state index contributed by atoms with van der Waals surface area (Å²) in [5, 5.41) is 5.94. The second kappa shape index (κ2) is 8.19. The van der Waals surface area contributed by atoms with Crippen LogP contribution in [0.2, 0.25) is 0 Å². The topological polar surface area (TPSA) is 50.4 Å². The predicted octanol–water partition coefficient (Wildman–Crippen LogP) is 3.00. The fourth-order valence-electron chi connectivity index (χ4n) is 2.59. The van der Waals surface area contributed by atoms with Gasteiger partial charge in [0.1, 0.15) is 12.4 Å². The summed E-state index contributed by atoms with van der Waals surface area (Å²) in [7, 11) is 0. The molecule has 1 fully saturated rings. The van der Waals surface area contributed by atoms with E-state index in [2.05, 4.69) is 17.2 Å². The molecular formula is C17H21F3N2O2. The van der Waals surface area contributed by atoms with E-state index in [4.69, 9.17) is 4.74 Å². The first-order valence-corrected chi connectivity index (χ1v) is 7.85. The number of carbonyl (C=O) groups is 1. The molecule has 1 atom stereocenters. The van der Waals surface area contributed by atoms with Crippen LogP contribution in [0.15, 0.2) is 30.9 Å². The van der Waals surface area contributed by atoms with Gasteiger partial charge in [-0.1, -0.05) is 12.7 Å². The van der Waals surface area contributed by atoms with E-state index >= 15 is 0 Å². The standard InChI is InChI=1S/C17H21F3N2O2/c1-2-8-24-15-6-5-13(17(18,19)20)9-14(15)16(23)22-11-12-4-3-7-21-10-12/h2,5-6,9,12,21H,1,3-4,7-8,10-11H2,(H,22,23). The number of carbonyl (C=O) groups excluding carboxylic acids is 1. The Morgan fingerprint density at radius 3 is 2.88 bits per heavy atom. The summed E-state index contributed by atoms with van der Waals surface area (Å²) in [4.78, 5) is 12.3. The number of rotatable bonds is 6. The van der Waals surface area contributed by atoms with E-state index < -0.39 is 17.6 Å². The lowest BCUT2D eigenvalue weighted by Crippen LogP contribution is -2.38. The minimum atomic E-state index is -4.51. The molecule has 1 aliphatic rings. The first-order valence-electron chi connectivity index (χ1n) is 7.85. The number of ether oxygens (including phenoxy) is 1. The van der Waals surface area contributed by atoms with Crippen molar-refractivity contribution < 1.29 is 22.7 Å². The highest BCUT2D eigenvalue weighted by atomic mass is 19.4. The number of halogens is 3. The van der Waals surface area contributed by atoms with Gasteiger partial charge in [0.05, 0.1) is 11.1 Å². The van der Waals surface area contributed by atoms with Gasteiger partial charge in [-0.15, -0.1) is 0 Å². The van der Waals surface area contributed by atoms with E-state index in [-0.39, 0.29) is 23.8 Å². The Bertz CT molecular complexity index is 582. The number of hydrogen-bond donors (Lipinski definition) is 2. The van der Waals surface area contributed by atoms with Gasteiger partial charge in [-0.2, -0.15) is 13.2 Å². The summed E-state index contributed by atoms with van der Waals surface area (Å²) < 4.78 is 44.0. The van der Waals surface area contributed by atoms with Gasteiger partial charge in [-0.25, -0.2) is 0 Å². The molecule has 0 spiro atoms. The van der Waals surface area contributed by atoms with Gasteiger partial charge >= 0.3 is 6.18 Å². The molecule has 1 amide bonds. The Kier molecular flexibility index (Phi) is 6.25. The largest absolute Gasteiger partial charge is 0.489 e. The fourth-order valence-corrected chi connectivity index (χ4v) is 2.59. The second-order valence-corrected chi connectivity index (χ2v) is 5.73. The van der Waals surface area contributed by atoms with Crippen LogP contribution in [0.25, 0.3) is 0 Å². The quantitative estimate of drug-likeness (QED) is 0.782. The summed E-state index contributed by atoms with van der Waals surface area (Å²) >= 11 is 0. The Morgan fingerprint density at radius 2 is 2.25 bits per heavy atom. The van der Waals surface area contributed by atoms with E-state index in [1.54, 1.807) is 0 Å². The molecule has 0 aromatic heterocycles. The van der Waals surface area contributed by atoms with Crippen LogP contribution in [0.3, 0.4) is 0 Å². The zero-order chi connectivity index (χ0) is 17.6. The van der Waals surface area contributed by atoms with E-state index in [1.165, 1.54) is 12.1 Å². The average Bonchev–Trinajstić information content (AvgIpc) is 2.57. The molecule has 0 radical (unpaired) electrons.